The Morgan fingerprint density at radius 3 is 2.77 bits per heavy atom. The van der Waals surface area contributed by atoms with Crippen LogP contribution in [0.4, 0.5) is 0 Å². The van der Waals surface area contributed by atoms with Crippen LogP contribution in [-0.2, 0) is 16.0 Å². The molecule has 1 aromatic carbocycles. The number of carbonyl (C=O) groups is 1. The van der Waals surface area contributed by atoms with Gasteiger partial charge in [-0.25, -0.2) is 0 Å². The molecule has 2 saturated carbocycles. The minimum absolute atomic E-state index is 0.0812. The molecule has 6 atom stereocenters. The lowest BCUT2D eigenvalue weighted by atomic mass is 9.52. The average molecular weight is 415 g/mol. The van der Waals surface area contributed by atoms with Crippen molar-refractivity contribution in [1.82, 2.24) is 0 Å². The SMILES string of the molecule is CC(=O)OCCCCCC[C@@H]1Cc2cc(O)ccc2[C@H]2CC[C@]3(C)[C@@H](O)CC[C@H]3[C@H]12. The second-order valence-corrected chi connectivity index (χ2v) is 10.3. The number of hydrogen-bond donors (Lipinski definition) is 2. The van der Waals surface area contributed by atoms with E-state index in [0.29, 0.717) is 36.0 Å². The van der Waals surface area contributed by atoms with Gasteiger partial charge in [-0.1, -0.05) is 32.3 Å². The van der Waals surface area contributed by atoms with Gasteiger partial charge in [-0.3, -0.25) is 4.79 Å². The summed E-state index contributed by atoms with van der Waals surface area (Å²) in [7, 11) is 0. The molecule has 3 aliphatic rings. The average Bonchev–Trinajstić information content (AvgIpc) is 3.01. The number of phenols is 1. The lowest BCUT2D eigenvalue weighted by Crippen LogP contribution is -2.47. The zero-order valence-electron chi connectivity index (χ0n) is 18.6. The van der Waals surface area contributed by atoms with Crippen molar-refractivity contribution in [2.24, 2.45) is 23.2 Å². The molecule has 0 aliphatic heterocycles. The van der Waals surface area contributed by atoms with Crippen LogP contribution in [0.5, 0.6) is 5.75 Å². The number of phenolic OH excluding ortho intramolecular Hbond substituents is 1. The van der Waals surface area contributed by atoms with Crippen LogP contribution in [0, 0.1) is 23.2 Å². The maximum absolute atomic E-state index is 10.9. The lowest BCUT2D eigenvalue weighted by molar-refractivity contribution is -0.141. The standard InChI is InChI=1S/C26H38O4/c1-17(27)30-14-6-4-3-5-7-18-15-19-16-20(28)8-9-21(19)22-12-13-26(2)23(25(18)22)10-11-24(26)29/h8-9,16,18,22-25,28-29H,3-7,10-15H2,1-2H3/t18-,22-,23+,24+,25-,26+/m1/s1. The molecule has 1 aromatic rings. The van der Waals surface area contributed by atoms with Gasteiger partial charge >= 0.3 is 5.97 Å². The summed E-state index contributed by atoms with van der Waals surface area (Å²) in [6.07, 6.45) is 10.9. The fourth-order valence-corrected chi connectivity index (χ4v) is 7.11. The molecular formula is C26H38O4. The van der Waals surface area contributed by atoms with Gasteiger partial charge in [0.1, 0.15) is 5.75 Å². The third-order valence-corrected chi connectivity index (χ3v) is 8.61. The number of aliphatic hydroxyl groups is 1. The van der Waals surface area contributed by atoms with Crippen molar-refractivity contribution in [2.75, 3.05) is 6.61 Å². The summed E-state index contributed by atoms with van der Waals surface area (Å²) in [5, 5.41) is 20.8. The molecule has 0 unspecified atom stereocenters. The first kappa shape index (κ1) is 21.7. The van der Waals surface area contributed by atoms with Crippen molar-refractivity contribution in [1.29, 1.82) is 0 Å². The summed E-state index contributed by atoms with van der Waals surface area (Å²) in [5.74, 6) is 2.66. The number of fused-ring (bicyclic) bond motifs is 5. The molecular weight excluding hydrogens is 376 g/mol. The number of unbranched alkanes of at least 4 members (excludes halogenated alkanes) is 3. The van der Waals surface area contributed by atoms with E-state index < -0.39 is 0 Å². The number of esters is 1. The van der Waals surface area contributed by atoms with Crippen molar-refractivity contribution in [3.63, 3.8) is 0 Å². The van der Waals surface area contributed by atoms with Gasteiger partial charge in [0.05, 0.1) is 12.7 Å². The van der Waals surface area contributed by atoms with E-state index in [2.05, 4.69) is 13.0 Å². The Morgan fingerprint density at radius 2 is 1.97 bits per heavy atom. The highest BCUT2D eigenvalue weighted by molar-refractivity contribution is 5.65. The molecule has 0 aromatic heterocycles. The molecule has 2 N–H and O–H groups in total. The van der Waals surface area contributed by atoms with Crippen LogP contribution in [-0.4, -0.2) is 28.9 Å². The maximum Gasteiger partial charge on any atom is 0.302 e. The number of rotatable bonds is 7. The monoisotopic (exact) mass is 414 g/mol. The van der Waals surface area contributed by atoms with Crippen molar-refractivity contribution in [2.45, 2.75) is 90.1 Å². The molecule has 4 rings (SSSR count). The van der Waals surface area contributed by atoms with Crippen LogP contribution in [0.2, 0.25) is 0 Å². The Balaban J connectivity index is 1.45. The number of carbonyl (C=O) groups excluding carboxylic acids is 1. The third kappa shape index (κ3) is 4.12. The Kier molecular flexibility index (Phi) is 6.43. The van der Waals surface area contributed by atoms with E-state index in [-0.39, 0.29) is 17.5 Å². The van der Waals surface area contributed by atoms with Gasteiger partial charge in [0, 0.05) is 6.92 Å². The number of aromatic hydroxyl groups is 1. The smallest absolute Gasteiger partial charge is 0.302 e. The van der Waals surface area contributed by atoms with Gasteiger partial charge in [0.15, 0.2) is 0 Å². The number of benzene rings is 1. The van der Waals surface area contributed by atoms with Gasteiger partial charge in [-0.15, -0.1) is 0 Å². The lowest BCUT2D eigenvalue weighted by Gasteiger charge is -2.53. The normalized spacial score (nSPS) is 34.7. The highest BCUT2D eigenvalue weighted by atomic mass is 16.5. The van der Waals surface area contributed by atoms with Gasteiger partial charge in [-0.2, -0.15) is 0 Å². The van der Waals surface area contributed by atoms with Gasteiger partial charge in [0.2, 0.25) is 0 Å². The van der Waals surface area contributed by atoms with Crippen LogP contribution >= 0.6 is 0 Å². The first-order chi connectivity index (χ1) is 14.4. The van der Waals surface area contributed by atoms with Crippen molar-refractivity contribution in [3.05, 3.63) is 29.3 Å². The maximum atomic E-state index is 10.9. The van der Waals surface area contributed by atoms with E-state index in [4.69, 9.17) is 4.74 Å². The molecule has 0 heterocycles. The molecule has 0 amide bonds. The van der Waals surface area contributed by atoms with Crippen molar-refractivity contribution in [3.8, 4) is 5.75 Å². The van der Waals surface area contributed by atoms with Crippen LogP contribution in [0.25, 0.3) is 0 Å². The first-order valence-electron chi connectivity index (χ1n) is 12.0. The highest BCUT2D eigenvalue weighted by Crippen LogP contribution is 2.62. The minimum Gasteiger partial charge on any atom is -0.508 e. The highest BCUT2D eigenvalue weighted by Gasteiger charge is 2.56. The summed E-state index contributed by atoms with van der Waals surface area (Å²) in [4.78, 5) is 10.9. The topological polar surface area (TPSA) is 66.8 Å². The predicted molar refractivity (Wildman–Crippen MR) is 117 cm³/mol. The third-order valence-electron chi connectivity index (χ3n) is 8.61. The molecule has 4 heteroatoms. The summed E-state index contributed by atoms with van der Waals surface area (Å²) in [6.45, 7) is 4.34. The molecule has 4 nitrogen and oxygen atoms in total. The molecule has 0 spiro atoms. The van der Waals surface area contributed by atoms with Crippen LogP contribution in [0.15, 0.2) is 18.2 Å². The van der Waals surface area contributed by atoms with E-state index in [1.807, 2.05) is 12.1 Å². The zero-order valence-corrected chi connectivity index (χ0v) is 18.6. The largest absolute Gasteiger partial charge is 0.508 e. The van der Waals surface area contributed by atoms with Crippen LogP contribution < -0.4 is 0 Å². The minimum atomic E-state index is -0.190. The molecule has 2 fully saturated rings. The zero-order chi connectivity index (χ0) is 21.3. The molecule has 0 bridgehead atoms. The van der Waals surface area contributed by atoms with E-state index in [1.54, 1.807) is 0 Å². The van der Waals surface area contributed by atoms with E-state index in [9.17, 15) is 15.0 Å². The summed E-state index contributed by atoms with van der Waals surface area (Å²) in [5.41, 5.74) is 2.88. The first-order valence-corrected chi connectivity index (χ1v) is 12.0. The Bertz CT molecular complexity index is 759. The van der Waals surface area contributed by atoms with Crippen molar-refractivity contribution >= 4 is 5.97 Å². The van der Waals surface area contributed by atoms with Gasteiger partial charge in [-0.05, 0) is 97.3 Å². The summed E-state index contributed by atoms with van der Waals surface area (Å²) in [6, 6.07) is 6.02. The summed E-state index contributed by atoms with van der Waals surface area (Å²) >= 11 is 0. The number of hydrogen-bond acceptors (Lipinski definition) is 4. The van der Waals surface area contributed by atoms with Crippen LogP contribution in [0.3, 0.4) is 0 Å². The fraction of sp³-hybridized carbons (Fsp3) is 0.731. The van der Waals surface area contributed by atoms with E-state index in [0.717, 1.165) is 44.9 Å². The molecule has 3 aliphatic carbocycles. The molecule has 30 heavy (non-hydrogen) atoms. The van der Waals surface area contributed by atoms with E-state index in [1.165, 1.54) is 37.3 Å². The molecule has 0 radical (unpaired) electrons. The second-order valence-electron chi connectivity index (χ2n) is 10.3. The predicted octanol–water partition coefficient (Wildman–Crippen LogP) is 5.35. The van der Waals surface area contributed by atoms with Gasteiger partial charge < -0.3 is 14.9 Å². The van der Waals surface area contributed by atoms with Crippen LogP contribution in [0.1, 0.15) is 88.7 Å². The second kappa shape index (κ2) is 8.90. The molecule has 0 saturated heterocycles. The number of ether oxygens (including phenoxy) is 1. The number of aliphatic hydroxyl groups excluding tert-OH is 1. The Morgan fingerprint density at radius 1 is 1.17 bits per heavy atom. The quantitative estimate of drug-likeness (QED) is 0.466. The summed E-state index contributed by atoms with van der Waals surface area (Å²) < 4.78 is 5.04. The van der Waals surface area contributed by atoms with Gasteiger partial charge in [0.25, 0.3) is 0 Å². The van der Waals surface area contributed by atoms with Crippen molar-refractivity contribution < 1.29 is 19.7 Å². The van der Waals surface area contributed by atoms with E-state index >= 15 is 0 Å². The molecule has 166 valence electrons. The Labute approximate surface area is 181 Å². The Hall–Kier alpha value is -1.55. The fourth-order valence-electron chi connectivity index (χ4n) is 7.11.